The molecule has 1 rings (SSSR count). The molecule has 1 aromatic carbocycles. The van der Waals surface area contributed by atoms with E-state index >= 15 is 0 Å². The Morgan fingerprint density at radius 2 is 1.74 bits per heavy atom. The second kappa shape index (κ2) is 5.58. The van der Waals surface area contributed by atoms with E-state index in [9.17, 15) is 13.2 Å². The lowest BCUT2D eigenvalue weighted by Gasteiger charge is -2.20. The van der Waals surface area contributed by atoms with Crippen LogP contribution in [0, 0.1) is 0 Å². The summed E-state index contributed by atoms with van der Waals surface area (Å²) in [4.78, 5) is 11.6. The highest BCUT2D eigenvalue weighted by Gasteiger charge is 2.13. The van der Waals surface area contributed by atoms with E-state index in [0.717, 1.165) is 0 Å². The first kappa shape index (κ1) is 15.5. The average Bonchev–Trinajstić information content (AvgIpc) is 2.23. The summed E-state index contributed by atoms with van der Waals surface area (Å²) in [5.74, 6) is -0.136. The van der Waals surface area contributed by atoms with Crippen LogP contribution in [0.25, 0.3) is 0 Å². The zero-order chi connectivity index (χ0) is 14.7. The molecule has 19 heavy (non-hydrogen) atoms. The van der Waals surface area contributed by atoms with Crippen LogP contribution in [0.1, 0.15) is 20.8 Å². The standard InChI is InChI=1S/C12H19N3O3S/c1-12(2,3)15-11(16)8-14-9-4-6-10(7-5-9)19(13,17)18/h4-7,14H,8H2,1-3H3,(H,15,16)(H2,13,17,18). The number of hydrogen-bond acceptors (Lipinski definition) is 4. The van der Waals surface area contributed by atoms with Crippen LogP contribution in [0.15, 0.2) is 29.2 Å². The number of sulfonamides is 1. The van der Waals surface area contributed by atoms with Crippen molar-refractivity contribution >= 4 is 21.6 Å². The molecule has 0 saturated heterocycles. The maximum atomic E-state index is 11.6. The van der Waals surface area contributed by atoms with Gasteiger partial charge in [0.15, 0.2) is 0 Å². The number of hydrogen-bond donors (Lipinski definition) is 3. The predicted molar refractivity (Wildman–Crippen MR) is 74.2 cm³/mol. The number of rotatable bonds is 4. The summed E-state index contributed by atoms with van der Waals surface area (Å²) in [6.45, 7) is 5.80. The topological polar surface area (TPSA) is 101 Å². The molecule has 0 heterocycles. The van der Waals surface area contributed by atoms with E-state index in [2.05, 4.69) is 10.6 Å². The van der Waals surface area contributed by atoms with Crippen LogP contribution in [0.4, 0.5) is 5.69 Å². The third-order valence-corrected chi connectivity index (χ3v) is 3.08. The van der Waals surface area contributed by atoms with Crippen LogP contribution in [0.2, 0.25) is 0 Å². The van der Waals surface area contributed by atoms with Gasteiger partial charge in [0.1, 0.15) is 0 Å². The maximum absolute atomic E-state index is 11.6. The zero-order valence-corrected chi connectivity index (χ0v) is 12.0. The molecule has 0 aromatic heterocycles. The van der Waals surface area contributed by atoms with Crippen molar-refractivity contribution in [3.63, 3.8) is 0 Å². The molecule has 4 N–H and O–H groups in total. The summed E-state index contributed by atoms with van der Waals surface area (Å²) in [5.41, 5.74) is 0.368. The van der Waals surface area contributed by atoms with Crippen LogP contribution >= 0.6 is 0 Å². The summed E-state index contributed by atoms with van der Waals surface area (Å²) < 4.78 is 22.1. The van der Waals surface area contributed by atoms with Gasteiger partial charge in [0.25, 0.3) is 0 Å². The second-order valence-corrected chi connectivity index (χ2v) is 6.78. The molecule has 0 aliphatic carbocycles. The fourth-order valence-electron chi connectivity index (χ4n) is 1.41. The second-order valence-electron chi connectivity index (χ2n) is 5.22. The molecule has 0 unspecified atom stereocenters. The molecule has 1 aromatic rings. The number of anilines is 1. The van der Waals surface area contributed by atoms with Gasteiger partial charge in [-0.3, -0.25) is 4.79 Å². The van der Waals surface area contributed by atoms with E-state index in [1.54, 1.807) is 12.1 Å². The minimum Gasteiger partial charge on any atom is -0.376 e. The normalized spacial score (nSPS) is 12.0. The van der Waals surface area contributed by atoms with E-state index < -0.39 is 10.0 Å². The Morgan fingerprint density at radius 3 is 2.16 bits per heavy atom. The van der Waals surface area contributed by atoms with E-state index in [0.29, 0.717) is 5.69 Å². The molecule has 0 spiro atoms. The van der Waals surface area contributed by atoms with E-state index in [-0.39, 0.29) is 22.9 Å². The van der Waals surface area contributed by atoms with Crippen molar-refractivity contribution in [2.45, 2.75) is 31.2 Å². The van der Waals surface area contributed by atoms with Crippen LogP contribution in [0.3, 0.4) is 0 Å². The predicted octanol–water partition coefficient (Wildman–Crippen LogP) is 0.661. The number of nitrogens with one attached hydrogen (secondary N) is 2. The molecule has 7 heteroatoms. The molecule has 6 nitrogen and oxygen atoms in total. The number of amides is 1. The summed E-state index contributed by atoms with van der Waals surface area (Å²) in [5, 5.41) is 10.7. The molecule has 1 amide bonds. The van der Waals surface area contributed by atoms with E-state index in [1.807, 2.05) is 20.8 Å². The van der Waals surface area contributed by atoms with Gasteiger partial charge in [-0.2, -0.15) is 0 Å². The minimum atomic E-state index is -3.68. The third-order valence-electron chi connectivity index (χ3n) is 2.15. The van der Waals surface area contributed by atoms with Crippen molar-refractivity contribution in [3.05, 3.63) is 24.3 Å². The number of primary sulfonamides is 1. The first-order valence-electron chi connectivity index (χ1n) is 5.76. The van der Waals surface area contributed by atoms with Crippen molar-refractivity contribution < 1.29 is 13.2 Å². The molecular formula is C12H19N3O3S. The van der Waals surface area contributed by atoms with Crippen LogP contribution in [-0.2, 0) is 14.8 Å². The molecule has 106 valence electrons. The molecular weight excluding hydrogens is 266 g/mol. The first-order valence-corrected chi connectivity index (χ1v) is 7.30. The van der Waals surface area contributed by atoms with Crippen LogP contribution in [-0.4, -0.2) is 26.4 Å². The van der Waals surface area contributed by atoms with Gasteiger partial charge in [-0.1, -0.05) is 0 Å². The average molecular weight is 285 g/mol. The van der Waals surface area contributed by atoms with Crippen molar-refractivity contribution in [1.82, 2.24) is 5.32 Å². The van der Waals surface area contributed by atoms with Crippen molar-refractivity contribution in [2.75, 3.05) is 11.9 Å². The Morgan fingerprint density at radius 1 is 1.21 bits per heavy atom. The Bertz CT molecular complexity index is 545. The molecule has 0 fully saturated rings. The van der Waals surface area contributed by atoms with Gasteiger partial charge in [0.05, 0.1) is 11.4 Å². The Labute approximate surface area is 113 Å². The number of carbonyl (C=O) groups excluding carboxylic acids is 1. The number of benzene rings is 1. The minimum absolute atomic E-state index is 0.0391. The molecule has 0 aliphatic rings. The summed E-state index contributed by atoms with van der Waals surface area (Å²) in [6.07, 6.45) is 0. The molecule has 0 aliphatic heterocycles. The Hall–Kier alpha value is -1.60. The Kier molecular flexibility index (Phi) is 4.54. The Balaban J connectivity index is 2.58. The number of nitrogens with two attached hydrogens (primary N) is 1. The van der Waals surface area contributed by atoms with E-state index in [4.69, 9.17) is 5.14 Å². The van der Waals surface area contributed by atoms with Crippen molar-refractivity contribution in [2.24, 2.45) is 5.14 Å². The molecule has 0 bridgehead atoms. The monoisotopic (exact) mass is 285 g/mol. The van der Waals surface area contributed by atoms with Gasteiger partial charge >= 0.3 is 0 Å². The van der Waals surface area contributed by atoms with Crippen molar-refractivity contribution in [1.29, 1.82) is 0 Å². The lowest BCUT2D eigenvalue weighted by Crippen LogP contribution is -2.43. The van der Waals surface area contributed by atoms with Gasteiger partial charge in [-0.15, -0.1) is 0 Å². The number of carbonyl (C=O) groups is 1. The molecule has 0 saturated carbocycles. The zero-order valence-electron chi connectivity index (χ0n) is 11.2. The maximum Gasteiger partial charge on any atom is 0.239 e. The first-order chi connectivity index (χ1) is 8.58. The highest BCUT2D eigenvalue weighted by atomic mass is 32.2. The largest absolute Gasteiger partial charge is 0.376 e. The smallest absolute Gasteiger partial charge is 0.239 e. The summed E-state index contributed by atoms with van der Waals surface area (Å²) in [6, 6.07) is 5.90. The summed E-state index contributed by atoms with van der Waals surface area (Å²) >= 11 is 0. The van der Waals surface area contributed by atoms with Gasteiger partial charge in [0.2, 0.25) is 15.9 Å². The highest BCUT2D eigenvalue weighted by molar-refractivity contribution is 7.89. The fourth-order valence-corrected chi connectivity index (χ4v) is 1.92. The lowest BCUT2D eigenvalue weighted by atomic mass is 10.1. The van der Waals surface area contributed by atoms with Gasteiger partial charge in [0, 0.05) is 11.2 Å². The van der Waals surface area contributed by atoms with Crippen molar-refractivity contribution in [3.8, 4) is 0 Å². The van der Waals surface area contributed by atoms with Gasteiger partial charge < -0.3 is 10.6 Å². The van der Waals surface area contributed by atoms with Gasteiger partial charge in [-0.05, 0) is 45.0 Å². The van der Waals surface area contributed by atoms with Crippen LogP contribution < -0.4 is 15.8 Å². The van der Waals surface area contributed by atoms with Crippen LogP contribution in [0.5, 0.6) is 0 Å². The fraction of sp³-hybridized carbons (Fsp3) is 0.417. The lowest BCUT2D eigenvalue weighted by molar-refractivity contribution is -0.120. The third kappa shape index (κ3) is 5.71. The molecule has 0 atom stereocenters. The SMILES string of the molecule is CC(C)(C)NC(=O)CNc1ccc(S(N)(=O)=O)cc1. The highest BCUT2D eigenvalue weighted by Crippen LogP contribution is 2.12. The summed E-state index contributed by atoms with van der Waals surface area (Å²) in [7, 11) is -3.68. The van der Waals surface area contributed by atoms with Gasteiger partial charge in [-0.25, -0.2) is 13.6 Å². The quantitative estimate of drug-likeness (QED) is 0.756. The van der Waals surface area contributed by atoms with E-state index in [1.165, 1.54) is 12.1 Å². The molecule has 0 radical (unpaired) electrons.